The van der Waals surface area contributed by atoms with Gasteiger partial charge in [-0.05, 0) is 49.2 Å². The van der Waals surface area contributed by atoms with Crippen molar-refractivity contribution in [3.05, 3.63) is 63.8 Å². The third kappa shape index (κ3) is 4.14. The number of hydrogen-bond acceptors (Lipinski definition) is 5. The number of anilines is 1. The van der Waals surface area contributed by atoms with E-state index in [4.69, 9.17) is 9.47 Å². The van der Waals surface area contributed by atoms with Crippen molar-refractivity contribution < 1.29 is 24.2 Å². The molecular formula is C24H23NO5S. The Morgan fingerprint density at radius 2 is 1.90 bits per heavy atom. The molecule has 0 fully saturated rings. The Morgan fingerprint density at radius 1 is 1.16 bits per heavy atom. The number of nitrogens with one attached hydrogen (secondary N) is 1. The van der Waals surface area contributed by atoms with Gasteiger partial charge < -0.3 is 19.9 Å². The third-order valence-corrected chi connectivity index (χ3v) is 6.40. The highest BCUT2D eigenvalue weighted by atomic mass is 32.1. The fourth-order valence-corrected chi connectivity index (χ4v) is 5.06. The number of amides is 1. The van der Waals surface area contributed by atoms with E-state index in [1.165, 1.54) is 11.3 Å². The normalized spacial score (nSPS) is 15.4. The summed E-state index contributed by atoms with van der Waals surface area (Å²) in [6.07, 6.45) is 0.280. The SMILES string of the molecule is COc1ccc(-c2c(C(=O)O)sc3c2NC(=O)C[C@H]3c2cccc(OC(C)C)c2)cc1. The average Bonchev–Trinajstić information content (AvgIpc) is 3.12. The zero-order valence-electron chi connectivity index (χ0n) is 17.5. The maximum atomic E-state index is 12.6. The van der Waals surface area contributed by atoms with Crippen LogP contribution in [0.4, 0.5) is 5.69 Å². The lowest BCUT2D eigenvalue weighted by molar-refractivity contribution is -0.116. The van der Waals surface area contributed by atoms with Crippen LogP contribution < -0.4 is 14.8 Å². The summed E-state index contributed by atoms with van der Waals surface area (Å²) in [7, 11) is 1.58. The summed E-state index contributed by atoms with van der Waals surface area (Å²) in [6.45, 7) is 3.91. The molecule has 0 unspecified atom stereocenters. The first-order chi connectivity index (χ1) is 14.9. The molecule has 0 aliphatic carbocycles. The number of aromatic carboxylic acids is 1. The van der Waals surface area contributed by atoms with Crippen LogP contribution in [-0.4, -0.2) is 30.2 Å². The van der Waals surface area contributed by atoms with E-state index in [1.807, 2.05) is 38.1 Å². The number of thiophene rings is 1. The Hall–Kier alpha value is -3.32. The molecule has 0 spiro atoms. The van der Waals surface area contributed by atoms with Gasteiger partial charge in [0.15, 0.2) is 0 Å². The lowest BCUT2D eigenvalue weighted by atomic mass is 9.88. The van der Waals surface area contributed by atoms with E-state index in [9.17, 15) is 14.7 Å². The van der Waals surface area contributed by atoms with Crippen molar-refractivity contribution in [2.24, 2.45) is 0 Å². The van der Waals surface area contributed by atoms with E-state index >= 15 is 0 Å². The first kappa shape index (κ1) is 20.9. The minimum Gasteiger partial charge on any atom is -0.497 e. The largest absolute Gasteiger partial charge is 0.497 e. The van der Waals surface area contributed by atoms with Gasteiger partial charge in [0.2, 0.25) is 5.91 Å². The zero-order valence-corrected chi connectivity index (χ0v) is 18.3. The Bertz CT molecular complexity index is 1130. The molecule has 0 radical (unpaired) electrons. The summed E-state index contributed by atoms with van der Waals surface area (Å²) in [5.74, 6) is 0.000811. The summed E-state index contributed by atoms with van der Waals surface area (Å²) in [4.78, 5) is 25.8. The van der Waals surface area contributed by atoms with Crippen molar-refractivity contribution in [1.82, 2.24) is 0 Å². The molecule has 2 aromatic carbocycles. The van der Waals surface area contributed by atoms with E-state index in [0.717, 1.165) is 16.2 Å². The second-order valence-electron chi connectivity index (χ2n) is 7.62. The summed E-state index contributed by atoms with van der Waals surface area (Å²) in [5.41, 5.74) is 2.74. The fourth-order valence-electron chi connectivity index (χ4n) is 3.82. The molecule has 160 valence electrons. The molecule has 7 heteroatoms. The van der Waals surface area contributed by atoms with Gasteiger partial charge in [-0.25, -0.2) is 4.79 Å². The third-order valence-electron chi connectivity index (χ3n) is 5.11. The van der Waals surface area contributed by atoms with E-state index in [1.54, 1.807) is 31.4 Å². The van der Waals surface area contributed by atoms with Gasteiger partial charge in [-0.1, -0.05) is 24.3 Å². The summed E-state index contributed by atoms with van der Waals surface area (Å²) >= 11 is 1.21. The van der Waals surface area contributed by atoms with Crippen LogP contribution in [0.5, 0.6) is 11.5 Å². The Labute approximate surface area is 184 Å². The summed E-state index contributed by atoms with van der Waals surface area (Å²) in [6, 6.07) is 14.8. The lowest BCUT2D eigenvalue weighted by Crippen LogP contribution is -2.22. The van der Waals surface area contributed by atoms with Crippen LogP contribution in [0.1, 0.15) is 46.3 Å². The smallest absolute Gasteiger partial charge is 0.346 e. The first-order valence-corrected chi connectivity index (χ1v) is 10.8. The van der Waals surface area contributed by atoms with Crippen molar-refractivity contribution in [1.29, 1.82) is 0 Å². The van der Waals surface area contributed by atoms with Crippen LogP contribution in [0.25, 0.3) is 11.1 Å². The molecule has 2 heterocycles. The minimum atomic E-state index is -1.02. The van der Waals surface area contributed by atoms with Crippen LogP contribution in [0.2, 0.25) is 0 Å². The molecule has 1 aliphatic heterocycles. The molecule has 0 bridgehead atoms. The highest BCUT2D eigenvalue weighted by Crippen LogP contribution is 2.49. The molecule has 3 aromatic rings. The molecule has 1 aliphatic rings. The predicted octanol–water partition coefficient (Wildman–Crippen LogP) is 5.38. The fraction of sp³-hybridized carbons (Fsp3) is 0.250. The van der Waals surface area contributed by atoms with Gasteiger partial charge in [-0.2, -0.15) is 0 Å². The second kappa shape index (κ2) is 8.43. The Morgan fingerprint density at radius 3 is 2.55 bits per heavy atom. The van der Waals surface area contributed by atoms with Gasteiger partial charge in [0.1, 0.15) is 16.4 Å². The predicted molar refractivity (Wildman–Crippen MR) is 121 cm³/mol. The van der Waals surface area contributed by atoms with Crippen molar-refractivity contribution in [3.8, 4) is 22.6 Å². The molecule has 0 saturated heterocycles. The lowest BCUT2D eigenvalue weighted by Gasteiger charge is -2.24. The Kier molecular flexibility index (Phi) is 5.69. The number of carbonyl (C=O) groups excluding carboxylic acids is 1. The molecule has 1 aromatic heterocycles. The number of ether oxygens (including phenoxy) is 2. The van der Waals surface area contributed by atoms with Crippen molar-refractivity contribution in [2.45, 2.75) is 32.3 Å². The number of hydrogen-bond donors (Lipinski definition) is 2. The zero-order chi connectivity index (χ0) is 22.1. The molecule has 0 saturated carbocycles. The number of fused-ring (bicyclic) bond motifs is 1. The van der Waals surface area contributed by atoms with Crippen LogP contribution in [-0.2, 0) is 4.79 Å². The molecule has 6 nitrogen and oxygen atoms in total. The van der Waals surface area contributed by atoms with Gasteiger partial charge in [0.05, 0.1) is 18.9 Å². The molecule has 4 rings (SSSR count). The highest BCUT2D eigenvalue weighted by Gasteiger charge is 2.34. The maximum absolute atomic E-state index is 12.6. The van der Waals surface area contributed by atoms with Crippen molar-refractivity contribution in [2.75, 3.05) is 12.4 Å². The number of carbonyl (C=O) groups is 2. The summed E-state index contributed by atoms with van der Waals surface area (Å²) in [5, 5.41) is 12.8. The van der Waals surface area contributed by atoms with E-state index in [-0.39, 0.29) is 29.2 Å². The Balaban J connectivity index is 1.85. The molecule has 1 amide bonds. The van der Waals surface area contributed by atoms with E-state index < -0.39 is 5.97 Å². The average molecular weight is 438 g/mol. The molecule has 2 N–H and O–H groups in total. The summed E-state index contributed by atoms with van der Waals surface area (Å²) < 4.78 is 11.0. The van der Waals surface area contributed by atoms with Gasteiger partial charge in [-0.3, -0.25) is 4.79 Å². The van der Waals surface area contributed by atoms with Crippen LogP contribution >= 0.6 is 11.3 Å². The van der Waals surface area contributed by atoms with Crippen LogP contribution in [0, 0.1) is 0 Å². The van der Waals surface area contributed by atoms with Gasteiger partial charge in [0, 0.05) is 22.8 Å². The number of carboxylic acid groups (broad SMARTS) is 1. The number of benzene rings is 2. The maximum Gasteiger partial charge on any atom is 0.346 e. The number of rotatable bonds is 6. The van der Waals surface area contributed by atoms with Crippen molar-refractivity contribution >= 4 is 28.9 Å². The molecule has 31 heavy (non-hydrogen) atoms. The van der Waals surface area contributed by atoms with Crippen LogP contribution in [0.15, 0.2) is 48.5 Å². The quantitative estimate of drug-likeness (QED) is 0.541. The van der Waals surface area contributed by atoms with E-state index in [2.05, 4.69) is 5.32 Å². The van der Waals surface area contributed by atoms with Gasteiger partial charge >= 0.3 is 5.97 Å². The molecular weight excluding hydrogens is 414 g/mol. The number of carboxylic acids is 1. The minimum absolute atomic E-state index is 0.0301. The van der Waals surface area contributed by atoms with Gasteiger partial charge in [0.25, 0.3) is 0 Å². The monoisotopic (exact) mass is 437 g/mol. The molecule has 1 atom stereocenters. The number of methoxy groups -OCH3 is 1. The standard InChI is InChI=1S/C24H23NO5S/c1-13(2)30-17-6-4-5-15(11-17)18-12-19(26)25-21-20(23(24(27)28)31-22(18)21)14-7-9-16(29-3)10-8-14/h4-11,13,18H,12H2,1-3H3,(H,25,26)(H,27,28)/t18-/m0/s1. The second-order valence-corrected chi connectivity index (χ2v) is 8.68. The van der Waals surface area contributed by atoms with Crippen molar-refractivity contribution in [3.63, 3.8) is 0 Å². The first-order valence-electron chi connectivity index (χ1n) is 9.98. The highest BCUT2D eigenvalue weighted by molar-refractivity contribution is 7.15. The van der Waals surface area contributed by atoms with E-state index in [0.29, 0.717) is 22.6 Å². The topological polar surface area (TPSA) is 84.9 Å². The van der Waals surface area contributed by atoms with Crippen LogP contribution in [0.3, 0.4) is 0 Å². The van der Waals surface area contributed by atoms with Gasteiger partial charge in [-0.15, -0.1) is 11.3 Å².